The van der Waals surface area contributed by atoms with Gasteiger partial charge in [-0.1, -0.05) is 23.7 Å². The van der Waals surface area contributed by atoms with Gasteiger partial charge in [0.15, 0.2) is 0 Å². The highest BCUT2D eigenvalue weighted by Gasteiger charge is 2.33. The fourth-order valence-corrected chi connectivity index (χ4v) is 3.02. The van der Waals surface area contributed by atoms with Crippen LogP contribution in [0.2, 0.25) is 5.02 Å². The van der Waals surface area contributed by atoms with Crippen molar-refractivity contribution in [3.63, 3.8) is 0 Å². The number of hydrogen-bond acceptors (Lipinski definition) is 2. The fraction of sp³-hybridized carbons (Fsp3) is 0.200. The second-order valence-corrected chi connectivity index (χ2v) is 6.84. The molecule has 2 aromatic carbocycles. The van der Waals surface area contributed by atoms with E-state index in [0.717, 1.165) is 29.1 Å². The topological polar surface area (TPSA) is 46.9 Å². The van der Waals surface area contributed by atoms with Crippen LogP contribution in [-0.4, -0.2) is 15.7 Å². The van der Waals surface area contributed by atoms with Crippen LogP contribution in [0.3, 0.4) is 0 Å². The van der Waals surface area contributed by atoms with E-state index in [2.05, 4.69) is 10.4 Å². The van der Waals surface area contributed by atoms with Crippen molar-refractivity contribution in [3.05, 3.63) is 81.6 Å². The molecular weight excluding hydrogens is 391 g/mol. The number of nitrogens with zero attached hydrogens (tertiary/aromatic N) is 2. The Morgan fingerprint density at radius 3 is 2.36 bits per heavy atom. The van der Waals surface area contributed by atoms with Crippen molar-refractivity contribution in [1.82, 2.24) is 9.78 Å². The molecule has 3 rings (SSSR count). The van der Waals surface area contributed by atoms with Gasteiger partial charge in [0.25, 0.3) is 5.91 Å². The van der Waals surface area contributed by atoms with Crippen LogP contribution in [0, 0.1) is 13.8 Å². The van der Waals surface area contributed by atoms with Crippen LogP contribution in [0.15, 0.2) is 48.5 Å². The number of hydrogen-bond donors (Lipinski definition) is 1. The zero-order valence-electron chi connectivity index (χ0n) is 15.1. The molecule has 0 saturated carbocycles. The fourth-order valence-electron chi connectivity index (χ4n) is 2.79. The second-order valence-electron chi connectivity index (χ2n) is 6.43. The lowest BCUT2D eigenvalue weighted by Gasteiger charge is -2.12. The second kappa shape index (κ2) is 7.67. The lowest BCUT2D eigenvalue weighted by Crippen LogP contribution is -2.13. The number of carbonyl (C=O) groups is 1. The largest absolute Gasteiger partial charge is 0.417 e. The Hall–Kier alpha value is -2.80. The molecule has 1 amide bonds. The first-order chi connectivity index (χ1) is 13.1. The number of aromatic nitrogens is 2. The highest BCUT2D eigenvalue weighted by atomic mass is 35.5. The Morgan fingerprint density at radius 2 is 1.79 bits per heavy atom. The van der Waals surface area contributed by atoms with Gasteiger partial charge in [-0.2, -0.15) is 18.3 Å². The number of rotatable bonds is 4. The molecule has 0 saturated heterocycles. The Kier molecular flexibility index (Phi) is 5.47. The third-order valence-electron chi connectivity index (χ3n) is 4.18. The summed E-state index contributed by atoms with van der Waals surface area (Å²) in [5.74, 6) is -0.506. The first-order valence-corrected chi connectivity index (χ1v) is 8.79. The summed E-state index contributed by atoms with van der Waals surface area (Å²) in [7, 11) is 0. The Labute approximate surface area is 164 Å². The summed E-state index contributed by atoms with van der Waals surface area (Å²) in [6, 6.07) is 12.0. The molecule has 0 aliphatic carbocycles. The minimum absolute atomic E-state index is 0.0217. The normalized spacial score (nSPS) is 11.5. The van der Waals surface area contributed by atoms with E-state index < -0.39 is 22.7 Å². The molecule has 0 bridgehead atoms. The Balaban J connectivity index is 1.72. The average Bonchev–Trinajstić information content (AvgIpc) is 2.93. The van der Waals surface area contributed by atoms with Crippen LogP contribution < -0.4 is 5.32 Å². The average molecular weight is 408 g/mol. The van der Waals surface area contributed by atoms with Crippen LogP contribution >= 0.6 is 11.6 Å². The molecule has 0 radical (unpaired) electrons. The number of nitrogens with one attached hydrogen (secondary N) is 1. The van der Waals surface area contributed by atoms with Crippen molar-refractivity contribution in [2.24, 2.45) is 0 Å². The first kappa shape index (κ1) is 19.9. The monoisotopic (exact) mass is 407 g/mol. The van der Waals surface area contributed by atoms with Gasteiger partial charge in [0.05, 0.1) is 22.8 Å². The molecule has 146 valence electrons. The highest BCUT2D eigenvalue weighted by Crippen LogP contribution is 2.36. The molecule has 3 aromatic rings. The van der Waals surface area contributed by atoms with E-state index in [1.165, 1.54) is 6.07 Å². The van der Waals surface area contributed by atoms with Crippen LogP contribution in [-0.2, 0) is 12.7 Å². The van der Waals surface area contributed by atoms with E-state index in [1.54, 1.807) is 24.3 Å². The molecule has 0 unspecified atom stereocenters. The maximum Gasteiger partial charge on any atom is 0.417 e. The number of amides is 1. The van der Waals surface area contributed by atoms with Gasteiger partial charge in [-0.05, 0) is 55.8 Å². The number of carbonyl (C=O) groups excluding carboxylic acids is 1. The summed E-state index contributed by atoms with van der Waals surface area (Å²) in [4.78, 5) is 12.3. The van der Waals surface area contributed by atoms with E-state index in [9.17, 15) is 18.0 Å². The summed E-state index contributed by atoms with van der Waals surface area (Å²) in [6.07, 6.45) is -4.59. The van der Waals surface area contributed by atoms with Crippen LogP contribution in [0.1, 0.15) is 32.9 Å². The zero-order chi connectivity index (χ0) is 20.5. The first-order valence-electron chi connectivity index (χ1n) is 8.41. The summed E-state index contributed by atoms with van der Waals surface area (Å²) >= 11 is 5.59. The molecule has 8 heteroatoms. The van der Waals surface area contributed by atoms with Gasteiger partial charge in [0.2, 0.25) is 0 Å². The predicted molar refractivity (Wildman–Crippen MR) is 102 cm³/mol. The minimum Gasteiger partial charge on any atom is -0.322 e. The maximum atomic E-state index is 12.9. The number of alkyl halides is 3. The Bertz CT molecular complexity index is 1010. The molecule has 0 spiro atoms. The van der Waals surface area contributed by atoms with Gasteiger partial charge in [-0.15, -0.1) is 0 Å². The van der Waals surface area contributed by atoms with Crippen molar-refractivity contribution in [2.75, 3.05) is 5.32 Å². The molecule has 28 heavy (non-hydrogen) atoms. The van der Waals surface area contributed by atoms with Gasteiger partial charge in [0.1, 0.15) is 0 Å². The van der Waals surface area contributed by atoms with Gasteiger partial charge < -0.3 is 5.32 Å². The van der Waals surface area contributed by atoms with E-state index in [4.69, 9.17) is 11.6 Å². The standard InChI is InChI=1S/C20H17ClF3N3O/c1-12-9-13(2)27(26-12)11-14-3-5-15(6-4-14)19(28)25-16-7-8-18(21)17(10-16)20(22,23)24/h3-10H,11H2,1-2H3,(H,25,28). The molecule has 0 aliphatic heterocycles. The van der Waals surface area contributed by atoms with Gasteiger partial charge >= 0.3 is 6.18 Å². The SMILES string of the molecule is Cc1cc(C)n(Cc2ccc(C(=O)Nc3ccc(Cl)c(C(F)(F)F)c3)cc2)n1. The quantitative estimate of drug-likeness (QED) is 0.623. The lowest BCUT2D eigenvalue weighted by molar-refractivity contribution is -0.137. The predicted octanol–water partition coefficient (Wildman–Crippen LogP) is 5.47. The van der Waals surface area contributed by atoms with Crippen LogP contribution in [0.5, 0.6) is 0 Å². The van der Waals surface area contributed by atoms with E-state index >= 15 is 0 Å². The number of aryl methyl sites for hydroxylation is 2. The van der Waals surface area contributed by atoms with E-state index in [1.807, 2.05) is 24.6 Å². The van der Waals surface area contributed by atoms with Crippen LogP contribution in [0.25, 0.3) is 0 Å². The molecule has 1 heterocycles. The summed E-state index contributed by atoms with van der Waals surface area (Å²) < 4.78 is 40.7. The lowest BCUT2D eigenvalue weighted by atomic mass is 10.1. The third kappa shape index (κ3) is 4.54. The number of anilines is 1. The molecule has 1 aromatic heterocycles. The van der Waals surface area contributed by atoms with Crippen molar-refractivity contribution < 1.29 is 18.0 Å². The van der Waals surface area contributed by atoms with E-state index in [-0.39, 0.29) is 5.69 Å². The van der Waals surface area contributed by atoms with Crippen molar-refractivity contribution in [3.8, 4) is 0 Å². The van der Waals surface area contributed by atoms with Crippen molar-refractivity contribution >= 4 is 23.2 Å². The molecule has 1 N–H and O–H groups in total. The van der Waals surface area contributed by atoms with Gasteiger partial charge in [0, 0.05) is 16.9 Å². The van der Waals surface area contributed by atoms with Crippen LogP contribution in [0.4, 0.5) is 18.9 Å². The molecule has 0 fully saturated rings. The third-order valence-corrected chi connectivity index (χ3v) is 4.51. The molecule has 4 nitrogen and oxygen atoms in total. The summed E-state index contributed by atoms with van der Waals surface area (Å²) in [5.41, 5.74) is 2.27. The van der Waals surface area contributed by atoms with Crippen molar-refractivity contribution in [1.29, 1.82) is 0 Å². The number of benzene rings is 2. The van der Waals surface area contributed by atoms with Gasteiger partial charge in [-0.3, -0.25) is 9.48 Å². The summed E-state index contributed by atoms with van der Waals surface area (Å²) in [6.45, 7) is 4.44. The zero-order valence-corrected chi connectivity index (χ0v) is 15.9. The molecular formula is C20H17ClF3N3O. The van der Waals surface area contributed by atoms with Gasteiger partial charge in [-0.25, -0.2) is 0 Å². The Morgan fingerprint density at radius 1 is 1.11 bits per heavy atom. The van der Waals surface area contributed by atoms with Crippen molar-refractivity contribution in [2.45, 2.75) is 26.6 Å². The molecule has 0 atom stereocenters. The number of halogens is 4. The summed E-state index contributed by atoms with van der Waals surface area (Å²) in [5, 5.41) is 6.44. The molecule has 0 aliphatic rings. The smallest absolute Gasteiger partial charge is 0.322 e. The maximum absolute atomic E-state index is 12.9. The van der Waals surface area contributed by atoms with E-state index in [0.29, 0.717) is 12.1 Å². The highest BCUT2D eigenvalue weighted by molar-refractivity contribution is 6.31. The minimum atomic E-state index is -4.59.